The highest BCUT2D eigenvalue weighted by molar-refractivity contribution is 7.20. The molecule has 0 bridgehead atoms. The van der Waals surface area contributed by atoms with E-state index in [0.29, 0.717) is 5.02 Å². The Bertz CT molecular complexity index is 1200. The third-order valence-corrected chi connectivity index (χ3v) is 6.80. The maximum absolute atomic E-state index is 13.4. The topological polar surface area (TPSA) is 51.0 Å². The van der Waals surface area contributed by atoms with Crippen LogP contribution in [0, 0.1) is 6.92 Å². The second-order valence-electron chi connectivity index (χ2n) is 7.19. The Morgan fingerprint density at radius 2 is 2.03 bits per heavy atom. The van der Waals surface area contributed by atoms with Crippen molar-refractivity contribution in [3.05, 3.63) is 76.0 Å². The molecular formula is C22H19ClN4OS. The van der Waals surface area contributed by atoms with Gasteiger partial charge in [0.25, 0.3) is 5.91 Å². The lowest BCUT2D eigenvalue weighted by molar-refractivity contribution is 0.0738. The number of fused-ring (bicyclic) bond motifs is 1. The number of halogens is 1. The van der Waals surface area contributed by atoms with Crippen molar-refractivity contribution in [1.29, 1.82) is 0 Å². The van der Waals surface area contributed by atoms with Gasteiger partial charge in [-0.05, 0) is 50.1 Å². The fourth-order valence-corrected chi connectivity index (χ4v) is 5.32. The average molecular weight is 423 g/mol. The van der Waals surface area contributed by atoms with Crippen LogP contribution in [-0.4, -0.2) is 32.1 Å². The van der Waals surface area contributed by atoms with Gasteiger partial charge in [-0.15, -0.1) is 11.3 Å². The molecule has 1 atom stereocenters. The molecule has 0 spiro atoms. The van der Waals surface area contributed by atoms with Crippen LogP contribution < -0.4 is 0 Å². The summed E-state index contributed by atoms with van der Waals surface area (Å²) < 4.78 is 1.84. The van der Waals surface area contributed by atoms with E-state index in [0.717, 1.165) is 51.6 Å². The first-order valence-corrected chi connectivity index (χ1v) is 10.8. The Morgan fingerprint density at radius 3 is 2.83 bits per heavy atom. The maximum Gasteiger partial charge on any atom is 0.264 e. The van der Waals surface area contributed by atoms with E-state index in [9.17, 15) is 4.79 Å². The molecule has 1 aliphatic heterocycles. The van der Waals surface area contributed by atoms with E-state index in [1.54, 1.807) is 6.20 Å². The second kappa shape index (κ2) is 7.28. The summed E-state index contributed by atoms with van der Waals surface area (Å²) in [5, 5.41) is 6.27. The highest BCUT2D eigenvalue weighted by atomic mass is 35.5. The van der Waals surface area contributed by atoms with Crippen LogP contribution in [0.2, 0.25) is 5.02 Å². The zero-order valence-corrected chi connectivity index (χ0v) is 17.5. The van der Waals surface area contributed by atoms with Crippen LogP contribution in [0.5, 0.6) is 0 Å². The predicted molar refractivity (Wildman–Crippen MR) is 116 cm³/mol. The Morgan fingerprint density at radius 1 is 1.21 bits per heavy atom. The summed E-state index contributed by atoms with van der Waals surface area (Å²) in [6.45, 7) is 2.72. The van der Waals surface area contributed by atoms with Crippen LogP contribution in [0.25, 0.3) is 15.9 Å². The third-order valence-electron chi connectivity index (χ3n) is 5.38. The zero-order valence-electron chi connectivity index (χ0n) is 15.9. The van der Waals surface area contributed by atoms with Crippen LogP contribution in [0.15, 0.2) is 54.7 Å². The fraction of sp³-hybridized carbons (Fsp3) is 0.227. The summed E-state index contributed by atoms with van der Waals surface area (Å²) in [6.07, 6.45) is 3.72. The SMILES string of the molecule is Cc1nn(-c2ccccc2Cl)c2sc(C(=O)N3CCCC3c3ccccn3)cc12. The molecule has 1 aromatic carbocycles. The quantitative estimate of drug-likeness (QED) is 0.443. The van der Waals surface area contributed by atoms with E-state index in [-0.39, 0.29) is 11.9 Å². The summed E-state index contributed by atoms with van der Waals surface area (Å²) in [5.41, 5.74) is 2.66. The lowest BCUT2D eigenvalue weighted by Gasteiger charge is -2.23. The smallest absolute Gasteiger partial charge is 0.264 e. The van der Waals surface area contributed by atoms with Gasteiger partial charge in [-0.3, -0.25) is 9.78 Å². The molecule has 0 aliphatic carbocycles. The summed E-state index contributed by atoms with van der Waals surface area (Å²) in [5.74, 6) is 0.0597. The first-order valence-electron chi connectivity index (χ1n) is 9.59. The second-order valence-corrected chi connectivity index (χ2v) is 8.63. The van der Waals surface area contributed by atoms with Gasteiger partial charge in [0.15, 0.2) is 0 Å². The van der Waals surface area contributed by atoms with E-state index < -0.39 is 0 Å². The van der Waals surface area contributed by atoms with E-state index in [1.165, 1.54) is 11.3 Å². The highest BCUT2D eigenvalue weighted by Gasteiger charge is 2.32. The van der Waals surface area contributed by atoms with Crippen LogP contribution >= 0.6 is 22.9 Å². The zero-order chi connectivity index (χ0) is 20.0. The number of carbonyl (C=O) groups excluding carboxylic acids is 1. The lowest BCUT2D eigenvalue weighted by Crippen LogP contribution is -2.30. The van der Waals surface area contributed by atoms with Gasteiger partial charge < -0.3 is 4.90 Å². The average Bonchev–Trinajstić information content (AvgIpc) is 3.45. The molecule has 1 saturated heterocycles. The van der Waals surface area contributed by atoms with Gasteiger partial charge in [0.1, 0.15) is 4.83 Å². The minimum absolute atomic E-state index is 0.0371. The molecule has 1 unspecified atom stereocenters. The van der Waals surface area contributed by atoms with Crippen molar-refractivity contribution in [2.75, 3.05) is 6.54 Å². The van der Waals surface area contributed by atoms with E-state index in [2.05, 4.69) is 10.1 Å². The van der Waals surface area contributed by atoms with Crippen molar-refractivity contribution in [2.45, 2.75) is 25.8 Å². The Labute approximate surface area is 177 Å². The predicted octanol–water partition coefficient (Wildman–Crippen LogP) is 5.42. The number of aryl methyl sites for hydroxylation is 1. The minimum atomic E-state index is 0.0371. The first-order chi connectivity index (χ1) is 14.1. The molecule has 5 nitrogen and oxygen atoms in total. The molecule has 0 radical (unpaired) electrons. The molecule has 1 fully saturated rings. The normalized spacial score (nSPS) is 16.6. The number of nitrogens with zero attached hydrogens (tertiary/aromatic N) is 4. The van der Waals surface area contributed by atoms with Gasteiger partial charge >= 0.3 is 0 Å². The summed E-state index contributed by atoms with van der Waals surface area (Å²) in [6, 6.07) is 15.5. The molecule has 146 valence electrons. The number of carbonyl (C=O) groups is 1. The van der Waals surface area contributed by atoms with E-state index in [4.69, 9.17) is 11.6 Å². The summed E-state index contributed by atoms with van der Waals surface area (Å²) in [4.78, 5) is 21.5. The molecule has 1 amide bonds. The molecule has 0 N–H and O–H groups in total. The number of hydrogen-bond acceptors (Lipinski definition) is 4. The minimum Gasteiger partial charge on any atom is -0.329 e. The first kappa shape index (κ1) is 18.3. The van der Waals surface area contributed by atoms with Crippen molar-refractivity contribution in [3.8, 4) is 5.69 Å². The largest absolute Gasteiger partial charge is 0.329 e. The molecule has 3 aromatic heterocycles. The molecule has 7 heteroatoms. The molecular weight excluding hydrogens is 404 g/mol. The van der Waals surface area contributed by atoms with Crippen molar-refractivity contribution in [3.63, 3.8) is 0 Å². The molecule has 29 heavy (non-hydrogen) atoms. The van der Waals surface area contributed by atoms with Gasteiger partial charge in [-0.1, -0.05) is 29.8 Å². The lowest BCUT2D eigenvalue weighted by atomic mass is 10.1. The fourth-order valence-electron chi connectivity index (χ4n) is 3.97. The van der Waals surface area contributed by atoms with Crippen molar-refractivity contribution in [2.24, 2.45) is 0 Å². The summed E-state index contributed by atoms with van der Waals surface area (Å²) in [7, 11) is 0. The van der Waals surface area contributed by atoms with Crippen LogP contribution in [-0.2, 0) is 0 Å². The number of likely N-dealkylation sites (tertiary alicyclic amines) is 1. The van der Waals surface area contributed by atoms with Gasteiger partial charge in [0, 0.05) is 18.1 Å². The number of thiophene rings is 1. The number of hydrogen-bond donors (Lipinski definition) is 0. The summed E-state index contributed by atoms with van der Waals surface area (Å²) >= 11 is 7.86. The van der Waals surface area contributed by atoms with Gasteiger partial charge in [-0.25, -0.2) is 4.68 Å². The standard InChI is InChI=1S/C22H19ClN4OS/c1-14-15-13-20(29-22(15)27(25-14)18-9-3-2-7-16(18)23)21(28)26-12-6-10-19(26)17-8-4-5-11-24-17/h2-5,7-9,11,13,19H,6,10,12H2,1H3. The van der Waals surface area contributed by atoms with E-state index in [1.807, 2.05) is 65.0 Å². The van der Waals surface area contributed by atoms with Crippen molar-refractivity contribution >= 4 is 39.1 Å². The van der Waals surface area contributed by atoms with Crippen molar-refractivity contribution < 1.29 is 4.79 Å². The number of rotatable bonds is 3. The Balaban J connectivity index is 1.53. The Hall–Kier alpha value is -2.70. The Kier molecular flexibility index (Phi) is 4.60. The number of aromatic nitrogens is 3. The molecule has 0 saturated carbocycles. The number of pyridine rings is 1. The highest BCUT2D eigenvalue weighted by Crippen LogP contribution is 2.36. The molecule has 4 heterocycles. The number of para-hydroxylation sites is 1. The molecule has 4 aromatic rings. The number of amides is 1. The van der Waals surface area contributed by atoms with Crippen LogP contribution in [0.4, 0.5) is 0 Å². The molecule has 1 aliphatic rings. The number of benzene rings is 1. The van der Waals surface area contributed by atoms with Crippen molar-refractivity contribution in [1.82, 2.24) is 19.7 Å². The van der Waals surface area contributed by atoms with Crippen LogP contribution in [0.1, 0.15) is 39.9 Å². The molecule has 5 rings (SSSR count). The van der Waals surface area contributed by atoms with Gasteiger partial charge in [0.2, 0.25) is 0 Å². The van der Waals surface area contributed by atoms with E-state index >= 15 is 0 Å². The third kappa shape index (κ3) is 3.12. The monoisotopic (exact) mass is 422 g/mol. The van der Waals surface area contributed by atoms with Gasteiger partial charge in [0.05, 0.1) is 33.0 Å². The maximum atomic E-state index is 13.4. The van der Waals surface area contributed by atoms with Crippen LogP contribution in [0.3, 0.4) is 0 Å². The van der Waals surface area contributed by atoms with Gasteiger partial charge in [-0.2, -0.15) is 5.10 Å².